The molecule has 0 fully saturated rings. The highest BCUT2D eigenvalue weighted by Gasteiger charge is 2.37. The summed E-state index contributed by atoms with van der Waals surface area (Å²) in [6.07, 6.45) is -3.59. The van der Waals surface area contributed by atoms with Crippen LogP contribution < -0.4 is 10.6 Å². The highest BCUT2D eigenvalue weighted by atomic mass is 35.5. The van der Waals surface area contributed by atoms with Crippen molar-refractivity contribution in [2.24, 2.45) is 0 Å². The monoisotopic (exact) mass is 568 g/mol. The second kappa shape index (κ2) is 11.5. The molecular weight excluding hydrogens is 549 g/mol. The van der Waals surface area contributed by atoms with E-state index < -0.39 is 56.3 Å². The number of rotatable bonds is 9. The van der Waals surface area contributed by atoms with E-state index in [0.29, 0.717) is 35.3 Å². The second-order valence-corrected chi connectivity index (χ2v) is 8.66. The van der Waals surface area contributed by atoms with Crippen molar-refractivity contribution >= 4 is 40.5 Å². The van der Waals surface area contributed by atoms with E-state index >= 15 is 0 Å². The first kappa shape index (κ1) is 29.0. The van der Waals surface area contributed by atoms with Crippen molar-refractivity contribution in [1.82, 2.24) is 15.1 Å². The van der Waals surface area contributed by atoms with Crippen molar-refractivity contribution in [3.63, 3.8) is 0 Å². The first-order valence-electron chi connectivity index (χ1n) is 11.2. The average Bonchev–Trinajstić information content (AvgIpc) is 3.31. The Kier molecular flexibility index (Phi) is 8.54. The SMILES string of the molecule is CCCCNC(=O)c1cc(Cl)cc(C)c1NC(=O)c1cc(C(F)(F)F)nn1-c1ccc([N+](=O)[O-])cc1[N+](=O)[O-]. The Balaban J connectivity index is 2.14. The number of benzene rings is 2. The third kappa shape index (κ3) is 6.49. The van der Waals surface area contributed by atoms with Crippen LogP contribution in [0.2, 0.25) is 5.02 Å². The molecule has 0 saturated carbocycles. The van der Waals surface area contributed by atoms with Gasteiger partial charge in [0.15, 0.2) is 5.69 Å². The summed E-state index contributed by atoms with van der Waals surface area (Å²) in [7, 11) is 0. The summed E-state index contributed by atoms with van der Waals surface area (Å²) in [5.74, 6) is -1.79. The predicted molar refractivity (Wildman–Crippen MR) is 133 cm³/mol. The maximum atomic E-state index is 13.5. The maximum Gasteiger partial charge on any atom is 0.435 e. The molecule has 0 aliphatic heterocycles. The lowest BCUT2D eigenvalue weighted by molar-refractivity contribution is -0.394. The Morgan fingerprint density at radius 3 is 2.36 bits per heavy atom. The van der Waals surface area contributed by atoms with Gasteiger partial charge in [-0.3, -0.25) is 29.8 Å². The molecule has 0 spiro atoms. The zero-order valence-electron chi connectivity index (χ0n) is 20.3. The van der Waals surface area contributed by atoms with Crippen molar-refractivity contribution in [1.29, 1.82) is 0 Å². The number of carbonyl (C=O) groups excluding carboxylic acids is 2. The van der Waals surface area contributed by atoms with Gasteiger partial charge in [-0.25, -0.2) is 4.68 Å². The number of nitro benzene ring substituents is 2. The molecule has 1 heterocycles. The van der Waals surface area contributed by atoms with E-state index in [-0.39, 0.29) is 16.3 Å². The van der Waals surface area contributed by atoms with Gasteiger partial charge in [-0.05, 0) is 37.1 Å². The molecule has 3 rings (SSSR count). The van der Waals surface area contributed by atoms with Gasteiger partial charge in [-0.2, -0.15) is 18.3 Å². The molecule has 3 aromatic rings. The number of anilines is 1. The lowest BCUT2D eigenvalue weighted by Crippen LogP contribution is -2.27. The number of hydrogen-bond donors (Lipinski definition) is 2. The number of hydrogen-bond acceptors (Lipinski definition) is 7. The van der Waals surface area contributed by atoms with Gasteiger partial charge >= 0.3 is 11.9 Å². The molecule has 0 bridgehead atoms. The number of aryl methyl sites for hydroxylation is 1. The first-order valence-corrected chi connectivity index (χ1v) is 11.6. The van der Waals surface area contributed by atoms with E-state index in [1.165, 1.54) is 19.1 Å². The van der Waals surface area contributed by atoms with Crippen molar-refractivity contribution in [2.45, 2.75) is 32.9 Å². The number of carbonyl (C=O) groups is 2. The largest absolute Gasteiger partial charge is 0.435 e. The number of unbranched alkanes of at least 4 members (excludes halogenated alkanes) is 1. The zero-order chi connectivity index (χ0) is 29.1. The molecule has 2 amide bonds. The van der Waals surface area contributed by atoms with Crippen molar-refractivity contribution in [2.75, 3.05) is 11.9 Å². The molecule has 2 aromatic carbocycles. The van der Waals surface area contributed by atoms with Gasteiger partial charge in [0, 0.05) is 23.7 Å². The van der Waals surface area contributed by atoms with Crippen LogP contribution >= 0.6 is 11.6 Å². The first-order chi connectivity index (χ1) is 18.2. The molecule has 206 valence electrons. The molecule has 0 radical (unpaired) electrons. The van der Waals surface area contributed by atoms with Crippen LogP contribution in [0.4, 0.5) is 30.2 Å². The summed E-state index contributed by atoms with van der Waals surface area (Å²) in [4.78, 5) is 46.8. The molecule has 0 atom stereocenters. The highest BCUT2D eigenvalue weighted by Crippen LogP contribution is 2.34. The molecule has 0 aliphatic carbocycles. The summed E-state index contributed by atoms with van der Waals surface area (Å²) < 4.78 is 41.0. The molecule has 0 aliphatic rings. The second-order valence-electron chi connectivity index (χ2n) is 8.22. The zero-order valence-corrected chi connectivity index (χ0v) is 21.1. The number of aromatic nitrogens is 2. The Bertz CT molecular complexity index is 1470. The molecule has 39 heavy (non-hydrogen) atoms. The molecule has 0 unspecified atom stereocenters. The minimum Gasteiger partial charge on any atom is -0.352 e. The Morgan fingerprint density at radius 2 is 1.77 bits per heavy atom. The van der Waals surface area contributed by atoms with Crippen molar-refractivity contribution in [3.05, 3.63) is 84.2 Å². The number of alkyl halides is 3. The number of amides is 2. The molecular formula is C23H20ClF3N6O6. The van der Waals surface area contributed by atoms with Gasteiger partial charge in [0.25, 0.3) is 17.5 Å². The van der Waals surface area contributed by atoms with E-state index in [4.69, 9.17) is 11.6 Å². The van der Waals surface area contributed by atoms with Gasteiger partial charge in [-0.1, -0.05) is 24.9 Å². The van der Waals surface area contributed by atoms with Crippen molar-refractivity contribution < 1.29 is 32.6 Å². The standard InChI is InChI=1S/C23H20ClF3N6O6/c1-3-4-7-28-21(34)15-9-13(24)8-12(2)20(15)29-22(35)18-11-19(23(25,26)27)30-31(18)16-6-5-14(32(36)37)10-17(16)33(38)39/h5-6,8-11H,3-4,7H2,1-2H3,(H,28,34)(H,29,35). The fourth-order valence-electron chi connectivity index (χ4n) is 3.56. The fraction of sp³-hybridized carbons (Fsp3) is 0.261. The lowest BCUT2D eigenvalue weighted by atomic mass is 10.1. The lowest BCUT2D eigenvalue weighted by Gasteiger charge is -2.15. The Labute approximate surface area is 223 Å². The number of halogens is 4. The number of nitro groups is 2. The molecule has 2 N–H and O–H groups in total. The van der Waals surface area contributed by atoms with Crippen LogP contribution in [0.1, 0.15) is 51.9 Å². The van der Waals surface area contributed by atoms with Gasteiger partial charge in [0.2, 0.25) is 0 Å². The third-order valence-corrected chi connectivity index (χ3v) is 5.64. The number of nitrogens with zero attached hydrogens (tertiary/aromatic N) is 4. The van der Waals surface area contributed by atoms with Gasteiger partial charge in [-0.15, -0.1) is 0 Å². The van der Waals surface area contributed by atoms with E-state index in [0.717, 1.165) is 18.6 Å². The maximum absolute atomic E-state index is 13.5. The third-order valence-electron chi connectivity index (χ3n) is 5.43. The van der Waals surface area contributed by atoms with Crippen LogP contribution in [-0.4, -0.2) is 38.0 Å². The van der Waals surface area contributed by atoms with Crippen LogP contribution in [0.5, 0.6) is 0 Å². The molecule has 16 heteroatoms. The number of non-ortho nitro benzene ring substituents is 1. The summed E-state index contributed by atoms with van der Waals surface area (Å²) in [5, 5.41) is 31.2. The van der Waals surface area contributed by atoms with E-state index in [1.807, 2.05) is 6.92 Å². The van der Waals surface area contributed by atoms with Crippen LogP contribution in [0.3, 0.4) is 0 Å². The van der Waals surface area contributed by atoms with E-state index in [9.17, 15) is 43.0 Å². The molecule has 1 aromatic heterocycles. The topological polar surface area (TPSA) is 162 Å². The van der Waals surface area contributed by atoms with Crippen LogP contribution in [0.15, 0.2) is 36.4 Å². The quantitative estimate of drug-likeness (QED) is 0.197. The summed E-state index contributed by atoms with van der Waals surface area (Å²) in [6, 6.07) is 5.22. The van der Waals surface area contributed by atoms with Crippen LogP contribution in [-0.2, 0) is 6.18 Å². The molecule has 0 saturated heterocycles. The minimum absolute atomic E-state index is 0.0575. The normalized spacial score (nSPS) is 11.2. The van der Waals surface area contributed by atoms with Gasteiger partial charge in [0.1, 0.15) is 11.4 Å². The van der Waals surface area contributed by atoms with Crippen LogP contribution in [0, 0.1) is 27.2 Å². The summed E-state index contributed by atoms with van der Waals surface area (Å²) in [6.45, 7) is 3.73. The minimum atomic E-state index is -5.05. The Morgan fingerprint density at radius 1 is 1.08 bits per heavy atom. The Hall–Kier alpha value is -4.53. The van der Waals surface area contributed by atoms with E-state index in [2.05, 4.69) is 15.7 Å². The van der Waals surface area contributed by atoms with Gasteiger partial charge in [0.05, 0.1) is 27.2 Å². The smallest absolute Gasteiger partial charge is 0.352 e. The number of nitrogens with one attached hydrogen (secondary N) is 2. The molecule has 12 nitrogen and oxygen atoms in total. The van der Waals surface area contributed by atoms with Gasteiger partial charge < -0.3 is 10.6 Å². The average molecular weight is 569 g/mol. The summed E-state index contributed by atoms with van der Waals surface area (Å²) in [5.41, 5.74) is -4.44. The van der Waals surface area contributed by atoms with Crippen molar-refractivity contribution in [3.8, 4) is 5.69 Å². The fourth-order valence-corrected chi connectivity index (χ4v) is 3.83. The highest BCUT2D eigenvalue weighted by molar-refractivity contribution is 6.31. The predicted octanol–water partition coefficient (Wildman–Crippen LogP) is 5.45. The van der Waals surface area contributed by atoms with E-state index in [1.54, 1.807) is 0 Å². The summed E-state index contributed by atoms with van der Waals surface area (Å²) >= 11 is 6.08. The van der Waals surface area contributed by atoms with Crippen LogP contribution in [0.25, 0.3) is 5.69 Å².